The summed E-state index contributed by atoms with van der Waals surface area (Å²) in [5, 5.41) is 18.6. The van der Waals surface area contributed by atoms with Crippen molar-refractivity contribution in [3.8, 4) is 0 Å². The van der Waals surface area contributed by atoms with Crippen molar-refractivity contribution in [1.82, 2.24) is 0 Å². The molecule has 0 saturated heterocycles. The topological polar surface area (TPSA) is 57.5 Å². The number of hydrogen-bond acceptors (Lipinski definition) is 2. The molecule has 0 aliphatic heterocycles. The summed E-state index contributed by atoms with van der Waals surface area (Å²) in [4.78, 5) is 11.1. The van der Waals surface area contributed by atoms with Gasteiger partial charge < -0.3 is 10.2 Å². The van der Waals surface area contributed by atoms with Crippen LogP contribution in [0.3, 0.4) is 0 Å². The Kier molecular flexibility index (Phi) is 6.89. The minimum atomic E-state index is -0.995. The molecule has 0 amide bonds. The van der Waals surface area contributed by atoms with Gasteiger partial charge in [0.2, 0.25) is 0 Å². The van der Waals surface area contributed by atoms with Gasteiger partial charge >= 0.3 is 5.97 Å². The smallest absolute Gasteiger partial charge is 0.336 e. The summed E-state index contributed by atoms with van der Waals surface area (Å²) < 4.78 is 0. The Morgan fingerprint density at radius 1 is 1.19 bits per heavy atom. The van der Waals surface area contributed by atoms with Crippen molar-refractivity contribution >= 4 is 5.97 Å². The second kappa shape index (κ2) is 8.42. The highest BCUT2D eigenvalue weighted by Gasteiger charge is 2.12. The van der Waals surface area contributed by atoms with E-state index in [9.17, 15) is 9.90 Å². The highest BCUT2D eigenvalue weighted by molar-refractivity contribution is 5.89. The van der Waals surface area contributed by atoms with Gasteiger partial charge in [-0.05, 0) is 57.2 Å². The van der Waals surface area contributed by atoms with E-state index in [0.717, 1.165) is 18.4 Å². The maximum atomic E-state index is 11.1. The van der Waals surface area contributed by atoms with Crippen molar-refractivity contribution in [2.45, 2.75) is 46.6 Å². The number of carboxylic acid groups (broad SMARTS) is 1. The summed E-state index contributed by atoms with van der Waals surface area (Å²) in [6.07, 6.45) is 6.99. The van der Waals surface area contributed by atoms with Gasteiger partial charge in [0.05, 0.1) is 12.2 Å². The molecule has 3 nitrogen and oxygen atoms in total. The molecule has 0 fully saturated rings. The average molecular weight is 288 g/mol. The fourth-order valence-corrected chi connectivity index (χ4v) is 2.19. The van der Waals surface area contributed by atoms with Crippen LogP contribution in [0.15, 0.2) is 41.5 Å². The quantitative estimate of drug-likeness (QED) is 0.742. The van der Waals surface area contributed by atoms with Crippen LogP contribution in [0.4, 0.5) is 0 Å². The molecule has 1 aromatic carbocycles. The van der Waals surface area contributed by atoms with Crippen LogP contribution < -0.4 is 0 Å². The third-order valence-corrected chi connectivity index (χ3v) is 3.42. The van der Waals surface area contributed by atoms with Crippen LogP contribution in [0.5, 0.6) is 0 Å². The van der Waals surface area contributed by atoms with Crippen molar-refractivity contribution in [3.05, 3.63) is 58.2 Å². The van der Waals surface area contributed by atoms with Crippen LogP contribution in [-0.4, -0.2) is 16.2 Å². The lowest BCUT2D eigenvalue weighted by atomic mass is 9.98. The number of aliphatic hydroxyl groups is 1. The SMILES string of the molecule is CC(C)=CCCC(C)=CCc1cccc(C(=O)O)c1CO. The summed E-state index contributed by atoms with van der Waals surface area (Å²) in [7, 11) is 0. The predicted molar refractivity (Wildman–Crippen MR) is 85.5 cm³/mol. The summed E-state index contributed by atoms with van der Waals surface area (Å²) >= 11 is 0. The van der Waals surface area contributed by atoms with E-state index >= 15 is 0 Å². The van der Waals surface area contributed by atoms with Crippen molar-refractivity contribution < 1.29 is 15.0 Å². The van der Waals surface area contributed by atoms with Crippen molar-refractivity contribution in [2.75, 3.05) is 0 Å². The molecule has 0 aliphatic rings. The lowest BCUT2D eigenvalue weighted by Crippen LogP contribution is -2.05. The van der Waals surface area contributed by atoms with Gasteiger partial charge in [0.25, 0.3) is 0 Å². The van der Waals surface area contributed by atoms with Crippen molar-refractivity contribution in [3.63, 3.8) is 0 Å². The van der Waals surface area contributed by atoms with Crippen LogP contribution in [-0.2, 0) is 13.0 Å². The van der Waals surface area contributed by atoms with E-state index in [1.54, 1.807) is 6.07 Å². The fourth-order valence-electron chi connectivity index (χ4n) is 2.19. The Morgan fingerprint density at radius 3 is 2.48 bits per heavy atom. The Bertz CT molecular complexity index is 550. The first-order chi connectivity index (χ1) is 9.95. The Morgan fingerprint density at radius 2 is 1.90 bits per heavy atom. The Labute approximate surface area is 126 Å². The van der Waals surface area contributed by atoms with E-state index in [1.165, 1.54) is 17.2 Å². The largest absolute Gasteiger partial charge is 0.478 e. The highest BCUT2D eigenvalue weighted by atomic mass is 16.4. The Balaban J connectivity index is 2.81. The lowest BCUT2D eigenvalue weighted by molar-refractivity contribution is 0.0693. The summed E-state index contributed by atoms with van der Waals surface area (Å²) in [5.41, 5.74) is 4.17. The summed E-state index contributed by atoms with van der Waals surface area (Å²) in [6.45, 7) is 6.01. The monoisotopic (exact) mass is 288 g/mol. The number of rotatable bonds is 7. The predicted octanol–water partition coefficient (Wildman–Crippen LogP) is 4.11. The lowest BCUT2D eigenvalue weighted by Gasteiger charge is -2.09. The van der Waals surface area contributed by atoms with E-state index in [-0.39, 0.29) is 12.2 Å². The minimum Gasteiger partial charge on any atom is -0.478 e. The number of benzene rings is 1. The molecule has 0 atom stereocenters. The minimum absolute atomic E-state index is 0.186. The number of aromatic carboxylic acids is 1. The van der Waals surface area contributed by atoms with Crippen molar-refractivity contribution in [2.24, 2.45) is 0 Å². The zero-order chi connectivity index (χ0) is 15.8. The third-order valence-electron chi connectivity index (χ3n) is 3.42. The average Bonchev–Trinajstić information content (AvgIpc) is 2.44. The zero-order valence-electron chi connectivity index (χ0n) is 13.0. The van der Waals surface area contributed by atoms with Gasteiger partial charge in [-0.25, -0.2) is 4.79 Å². The highest BCUT2D eigenvalue weighted by Crippen LogP contribution is 2.18. The van der Waals surface area contributed by atoms with Gasteiger partial charge in [-0.3, -0.25) is 0 Å². The fraction of sp³-hybridized carbons (Fsp3) is 0.389. The first-order valence-electron chi connectivity index (χ1n) is 7.19. The number of hydrogen-bond donors (Lipinski definition) is 2. The second-order valence-electron chi connectivity index (χ2n) is 5.48. The number of allylic oxidation sites excluding steroid dienone is 4. The standard InChI is InChI=1S/C18H24O3/c1-13(2)6-4-7-14(3)10-11-15-8-5-9-16(18(20)21)17(15)12-19/h5-6,8-10,19H,4,7,11-12H2,1-3H3,(H,20,21). The Hall–Kier alpha value is -1.87. The molecule has 0 aliphatic carbocycles. The molecule has 114 valence electrons. The number of aliphatic hydroxyl groups excluding tert-OH is 1. The van der Waals surface area contributed by atoms with E-state index < -0.39 is 5.97 Å². The third kappa shape index (κ3) is 5.56. The maximum absolute atomic E-state index is 11.1. The number of carboxylic acids is 1. The van der Waals surface area contributed by atoms with E-state index in [1.807, 2.05) is 6.07 Å². The molecule has 0 spiro atoms. The molecule has 0 heterocycles. The normalized spacial score (nSPS) is 11.3. The molecular weight excluding hydrogens is 264 g/mol. The molecular formula is C18H24O3. The van der Waals surface area contributed by atoms with E-state index in [2.05, 4.69) is 32.9 Å². The molecule has 1 rings (SSSR count). The van der Waals surface area contributed by atoms with Crippen molar-refractivity contribution in [1.29, 1.82) is 0 Å². The summed E-state index contributed by atoms with van der Waals surface area (Å²) in [6, 6.07) is 5.13. The number of carbonyl (C=O) groups is 1. The molecule has 3 heteroatoms. The molecule has 2 N–H and O–H groups in total. The molecule has 0 unspecified atom stereocenters. The van der Waals surface area contributed by atoms with Crippen LogP contribution in [0.1, 0.15) is 55.1 Å². The maximum Gasteiger partial charge on any atom is 0.336 e. The van der Waals surface area contributed by atoms with Gasteiger partial charge in [-0.15, -0.1) is 0 Å². The molecule has 0 aromatic heterocycles. The van der Waals surface area contributed by atoms with Gasteiger partial charge in [-0.2, -0.15) is 0 Å². The van der Waals surface area contributed by atoms with Gasteiger partial charge in [-0.1, -0.05) is 35.4 Å². The molecule has 0 radical (unpaired) electrons. The first kappa shape index (κ1) is 17.2. The first-order valence-corrected chi connectivity index (χ1v) is 7.19. The molecule has 0 bridgehead atoms. The summed E-state index contributed by atoms with van der Waals surface area (Å²) in [5.74, 6) is -0.995. The molecule has 21 heavy (non-hydrogen) atoms. The van der Waals surface area contributed by atoms with E-state index in [0.29, 0.717) is 12.0 Å². The molecule has 0 saturated carbocycles. The van der Waals surface area contributed by atoms with Gasteiger partial charge in [0, 0.05) is 0 Å². The second-order valence-corrected chi connectivity index (χ2v) is 5.48. The van der Waals surface area contributed by atoms with Crippen LogP contribution >= 0.6 is 0 Å². The van der Waals surface area contributed by atoms with Gasteiger partial charge in [0.15, 0.2) is 0 Å². The van der Waals surface area contributed by atoms with Crippen LogP contribution in [0.25, 0.3) is 0 Å². The van der Waals surface area contributed by atoms with Crippen LogP contribution in [0, 0.1) is 0 Å². The zero-order valence-corrected chi connectivity index (χ0v) is 13.0. The van der Waals surface area contributed by atoms with Gasteiger partial charge in [0.1, 0.15) is 0 Å². The van der Waals surface area contributed by atoms with E-state index in [4.69, 9.17) is 5.11 Å². The van der Waals surface area contributed by atoms with Crippen LogP contribution in [0.2, 0.25) is 0 Å². The molecule has 1 aromatic rings.